The summed E-state index contributed by atoms with van der Waals surface area (Å²) in [6.07, 6.45) is 0. The van der Waals surface area contributed by atoms with Crippen molar-refractivity contribution in [2.45, 2.75) is 11.8 Å². The quantitative estimate of drug-likeness (QED) is 0.603. The van der Waals surface area contributed by atoms with Crippen molar-refractivity contribution in [3.63, 3.8) is 0 Å². The van der Waals surface area contributed by atoms with Crippen molar-refractivity contribution >= 4 is 16.8 Å². The fraction of sp³-hybridized carbons (Fsp3) is 0.0769. The van der Waals surface area contributed by atoms with Gasteiger partial charge in [-0.1, -0.05) is 36.4 Å². The number of hydrogen-bond acceptors (Lipinski definition) is 2. The summed E-state index contributed by atoms with van der Waals surface area (Å²) in [5.74, 6) is 0. The average molecular weight is 249 g/mol. The summed E-state index contributed by atoms with van der Waals surface area (Å²) >= 11 is -1.83. The zero-order chi connectivity index (χ0) is 12.7. The van der Waals surface area contributed by atoms with Gasteiger partial charge in [0.25, 0.3) is 0 Å². The van der Waals surface area contributed by atoms with E-state index in [0.29, 0.717) is 4.90 Å². The molecule has 0 amide bonds. The Balaban J connectivity index is 0.000000171. The second-order valence-electron chi connectivity index (χ2n) is 3.42. The van der Waals surface area contributed by atoms with Gasteiger partial charge in [0.05, 0.1) is 4.90 Å². The van der Waals surface area contributed by atoms with Gasteiger partial charge < -0.3 is 10.3 Å². The van der Waals surface area contributed by atoms with Crippen LogP contribution >= 0.6 is 0 Å². The number of rotatable bonds is 1. The third-order valence-corrected chi connectivity index (χ3v) is 2.81. The molecule has 0 aliphatic rings. The van der Waals surface area contributed by atoms with E-state index in [9.17, 15) is 4.21 Å². The lowest BCUT2D eigenvalue weighted by atomic mass is 10.2. The van der Waals surface area contributed by atoms with Gasteiger partial charge in [-0.05, 0) is 30.7 Å². The summed E-state index contributed by atoms with van der Waals surface area (Å²) in [5, 5.41) is 0. The highest BCUT2D eigenvalue weighted by Gasteiger charge is 1.93. The summed E-state index contributed by atoms with van der Waals surface area (Å²) < 4.78 is 18.8. The molecule has 0 aliphatic carbocycles. The van der Waals surface area contributed by atoms with E-state index >= 15 is 0 Å². The van der Waals surface area contributed by atoms with Crippen LogP contribution in [-0.4, -0.2) is 8.76 Å². The standard InChI is InChI=1S/C7H9N.C6H6O2S/c1-6-4-2-3-5-7(6)8;7-9(8)6-4-2-1-3-5-6/h2-5H,8H2,1H3;1-5H,(H,7,8). The minimum atomic E-state index is -1.83. The monoisotopic (exact) mass is 249 g/mol. The SMILES string of the molecule is Cc1ccccc1N.O=S(O)c1ccccc1. The van der Waals surface area contributed by atoms with Crippen molar-refractivity contribution in [2.75, 3.05) is 5.73 Å². The number of aryl methyl sites for hydroxylation is 1. The highest BCUT2D eigenvalue weighted by molar-refractivity contribution is 7.79. The molecule has 3 N–H and O–H groups in total. The Labute approximate surface area is 104 Å². The van der Waals surface area contributed by atoms with Crippen molar-refractivity contribution in [2.24, 2.45) is 0 Å². The number of nitrogens with two attached hydrogens (primary N) is 1. The molecule has 3 nitrogen and oxygen atoms in total. The first-order valence-corrected chi connectivity index (χ1v) is 6.19. The van der Waals surface area contributed by atoms with Gasteiger partial charge in [0, 0.05) is 5.69 Å². The second kappa shape index (κ2) is 6.83. The number of nitrogen functional groups attached to an aromatic ring is 1. The highest BCUT2D eigenvalue weighted by atomic mass is 32.2. The Morgan fingerprint density at radius 2 is 1.53 bits per heavy atom. The van der Waals surface area contributed by atoms with Crippen LogP contribution in [0.4, 0.5) is 5.69 Å². The molecule has 2 aromatic carbocycles. The molecule has 17 heavy (non-hydrogen) atoms. The molecule has 1 atom stereocenters. The first-order valence-electron chi connectivity index (χ1n) is 5.08. The fourth-order valence-corrected chi connectivity index (χ4v) is 1.51. The largest absolute Gasteiger partial charge is 0.399 e. The van der Waals surface area contributed by atoms with E-state index < -0.39 is 11.1 Å². The van der Waals surface area contributed by atoms with Gasteiger partial charge in [0.2, 0.25) is 0 Å². The molecule has 0 bridgehead atoms. The van der Waals surface area contributed by atoms with Gasteiger partial charge in [0.15, 0.2) is 11.1 Å². The van der Waals surface area contributed by atoms with E-state index in [1.54, 1.807) is 30.3 Å². The molecular weight excluding hydrogens is 234 g/mol. The first kappa shape index (κ1) is 13.4. The molecule has 0 heterocycles. The van der Waals surface area contributed by atoms with Crippen LogP contribution in [0.1, 0.15) is 5.56 Å². The third-order valence-electron chi connectivity index (χ3n) is 2.13. The Bertz CT molecular complexity index is 465. The van der Waals surface area contributed by atoms with Crippen LogP contribution in [0.3, 0.4) is 0 Å². The van der Waals surface area contributed by atoms with Crippen LogP contribution in [0.25, 0.3) is 0 Å². The van der Waals surface area contributed by atoms with E-state index in [0.717, 1.165) is 11.3 Å². The number of hydrogen-bond donors (Lipinski definition) is 2. The summed E-state index contributed by atoms with van der Waals surface area (Å²) in [7, 11) is 0. The van der Waals surface area contributed by atoms with Crippen molar-refractivity contribution in [1.29, 1.82) is 0 Å². The molecule has 0 radical (unpaired) electrons. The van der Waals surface area contributed by atoms with Crippen molar-refractivity contribution < 1.29 is 8.76 Å². The van der Waals surface area contributed by atoms with E-state index in [4.69, 9.17) is 10.3 Å². The molecule has 0 saturated heterocycles. The summed E-state index contributed by atoms with van der Waals surface area (Å²) in [5.41, 5.74) is 7.53. The van der Waals surface area contributed by atoms with Crippen molar-refractivity contribution in [3.05, 3.63) is 60.2 Å². The number of benzene rings is 2. The molecule has 1 unspecified atom stereocenters. The lowest BCUT2D eigenvalue weighted by Crippen LogP contribution is -1.85. The van der Waals surface area contributed by atoms with Gasteiger partial charge in [-0.2, -0.15) is 0 Å². The third kappa shape index (κ3) is 4.80. The Kier molecular flexibility index (Phi) is 5.39. The van der Waals surface area contributed by atoms with Gasteiger partial charge >= 0.3 is 0 Å². The smallest absolute Gasteiger partial charge is 0.186 e. The molecule has 0 fully saturated rings. The molecular formula is C13H15NO2S. The van der Waals surface area contributed by atoms with E-state index in [1.807, 2.05) is 31.2 Å². The molecule has 0 spiro atoms. The molecule has 0 saturated carbocycles. The van der Waals surface area contributed by atoms with Crippen LogP contribution in [0.5, 0.6) is 0 Å². The van der Waals surface area contributed by atoms with Gasteiger partial charge in [-0.25, -0.2) is 4.21 Å². The average Bonchev–Trinajstić information content (AvgIpc) is 2.35. The second-order valence-corrected chi connectivity index (χ2v) is 4.39. The Morgan fingerprint density at radius 3 is 1.88 bits per heavy atom. The number of anilines is 1. The summed E-state index contributed by atoms with van der Waals surface area (Å²) in [6.45, 7) is 2.00. The van der Waals surface area contributed by atoms with Crippen molar-refractivity contribution in [1.82, 2.24) is 0 Å². The molecule has 2 rings (SSSR count). The molecule has 0 aliphatic heterocycles. The predicted molar refractivity (Wildman–Crippen MR) is 71.1 cm³/mol. The minimum Gasteiger partial charge on any atom is -0.399 e. The topological polar surface area (TPSA) is 63.3 Å². The molecule has 90 valence electrons. The Morgan fingerprint density at radius 1 is 1.00 bits per heavy atom. The van der Waals surface area contributed by atoms with Gasteiger partial charge in [-0.15, -0.1) is 0 Å². The van der Waals surface area contributed by atoms with E-state index in [2.05, 4.69) is 0 Å². The predicted octanol–water partition coefficient (Wildman–Crippen LogP) is 2.84. The first-order chi connectivity index (χ1) is 8.11. The minimum absolute atomic E-state index is 0.442. The zero-order valence-corrected chi connectivity index (χ0v) is 10.4. The zero-order valence-electron chi connectivity index (χ0n) is 9.54. The van der Waals surface area contributed by atoms with Crippen LogP contribution in [-0.2, 0) is 11.1 Å². The summed E-state index contributed by atoms with van der Waals surface area (Å²) in [4.78, 5) is 0.442. The lowest BCUT2D eigenvalue weighted by Gasteiger charge is -1.93. The summed E-state index contributed by atoms with van der Waals surface area (Å²) in [6, 6.07) is 16.3. The fourth-order valence-electron chi connectivity index (χ4n) is 1.12. The van der Waals surface area contributed by atoms with Crippen LogP contribution in [0.15, 0.2) is 59.5 Å². The van der Waals surface area contributed by atoms with E-state index in [-0.39, 0.29) is 0 Å². The molecule has 4 heteroatoms. The Hall–Kier alpha value is -1.65. The molecule has 0 aromatic heterocycles. The van der Waals surface area contributed by atoms with Gasteiger partial charge in [-0.3, -0.25) is 0 Å². The van der Waals surface area contributed by atoms with Crippen molar-refractivity contribution in [3.8, 4) is 0 Å². The molecule has 2 aromatic rings. The van der Waals surface area contributed by atoms with Crippen LogP contribution in [0.2, 0.25) is 0 Å². The van der Waals surface area contributed by atoms with E-state index in [1.165, 1.54) is 0 Å². The highest BCUT2D eigenvalue weighted by Crippen LogP contribution is 2.06. The maximum absolute atomic E-state index is 10.3. The maximum atomic E-state index is 10.3. The van der Waals surface area contributed by atoms with Crippen LogP contribution < -0.4 is 5.73 Å². The lowest BCUT2D eigenvalue weighted by molar-refractivity contribution is 0.564. The normalized spacial score (nSPS) is 11.2. The van der Waals surface area contributed by atoms with Gasteiger partial charge in [0.1, 0.15) is 0 Å². The number of para-hydroxylation sites is 1. The maximum Gasteiger partial charge on any atom is 0.186 e. The van der Waals surface area contributed by atoms with Crippen LogP contribution in [0, 0.1) is 6.92 Å².